The van der Waals surface area contributed by atoms with Crippen molar-refractivity contribution in [3.63, 3.8) is 0 Å². The molecule has 0 radical (unpaired) electrons. The van der Waals surface area contributed by atoms with Crippen molar-refractivity contribution in [1.82, 2.24) is 25.4 Å². The predicted octanol–water partition coefficient (Wildman–Crippen LogP) is 0.888. The molecule has 0 aliphatic carbocycles. The molecule has 4 rings (SSSR count). The molecule has 3 N–H and O–H groups in total. The molecule has 0 aromatic carbocycles. The zero-order valence-electron chi connectivity index (χ0n) is 16.6. The number of nitrogens with zero attached hydrogens (tertiary/aromatic N) is 3. The number of hydrogen-bond acceptors (Lipinski definition) is 6. The number of pyridine rings is 1. The second kappa shape index (κ2) is 7.77. The highest BCUT2D eigenvalue weighted by atomic mass is 19.1. The monoisotopic (exact) mass is 417 g/mol. The standard InChI is InChI=1S/C20H24FN5O4/c1-19(25-17(28)13-8-23-24-9-13)12-20(30-11-16(19)27)3-6-26(7-4-20)18(29)14-2-5-22-10-15(14)21/h2,5,8-10,16,27H,3-4,6-7,11-12H2,1H3,(H,23,24)(H,25,28)/t16-,19-/m0/s1. The SMILES string of the molecule is C[C@]1(NC(=O)c2cn[nH]c2)CC2(CCN(C(=O)c3ccncc3F)CC2)OC[C@@H]1O. The number of aromatic nitrogens is 3. The van der Waals surface area contributed by atoms with Crippen LogP contribution in [0.5, 0.6) is 0 Å². The Kier molecular flexibility index (Phi) is 5.29. The second-order valence-corrected chi connectivity index (χ2v) is 8.19. The summed E-state index contributed by atoms with van der Waals surface area (Å²) >= 11 is 0. The van der Waals surface area contributed by atoms with Gasteiger partial charge >= 0.3 is 0 Å². The number of nitrogens with one attached hydrogen (secondary N) is 2. The summed E-state index contributed by atoms with van der Waals surface area (Å²) in [6.07, 6.45) is 5.90. The van der Waals surface area contributed by atoms with E-state index >= 15 is 0 Å². The van der Waals surface area contributed by atoms with Gasteiger partial charge in [0.1, 0.15) is 6.10 Å². The summed E-state index contributed by atoms with van der Waals surface area (Å²) in [6.45, 7) is 2.66. The van der Waals surface area contributed by atoms with E-state index < -0.39 is 23.1 Å². The fourth-order valence-electron chi connectivity index (χ4n) is 4.27. The van der Waals surface area contributed by atoms with E-state index in [1.54, 1.807) is 11.8 Å². The zero-order chi connectivity index (χ0) is 21.4. The summed E-state index contributed by atoms with van der Waals surface area (Å²) in [4.78, 5) is 30.4. The van der Waals surface area contributed by atoms with E-state index in [0.717, 1.165) is 6.20 Å². The lowest BCUT2D eigenvalue weighted by Gasteiger charge is -2.52. The molecule has 1 spiro atoms. The Morgan fingerprint density at radius 1 is 1.37 bits per heavy atom. The van der Waals surface area contributed by atoms with Crippen molar-refractivity contribution in [1.29, 1.82) is 0 Å². The van der Waals surface area contributed by atoms with Crippen LogP contribution in [0.4, 0.5) is 4.39 Å². The molecule has 2 aromatic heterocycles. The molecule has 0 unspecified atom stereocenters. The predicted molar refractivity (Wildman–Crippen MR) is 103 cm³/mol. The molecule has 30 heavy (non-hydrogen) atoms. The maximum Gasteiger partial charge on any atom is 0.256 e. The van der Waals surface area contributed by atoms with Gasteiger partial charge < -0.3 is 20.1 Å². The lowest BCUT2D eigenvalue weighted by molar-refractivity contribution is -0.175. The smallest absolute Gasteiger partial charge is 0.256 e. The van der Waals surface area contributed by atoms with Crippen molar-refractivity contribution in [2.45, 2.75) is 43.4 Å². The average Bonchev–Trinajstić information content (AvgIpc) is 3.27. The zero-order valence-corrected chi connectivity index (χ0v) is 16.6. The molecule has 0 bridgehead atoms. The molecule has 2 saturated heterocycles. The first-order valence-electron chi connectivity index (χ1n) is 9.84. The van der Waals surface area contributed by atoms with Gasteiger partial charge in [-0.1, -0.05) is 0 Å². The first-order chi connectivity index (χ1) is 14.3. The number of aliphatic hydroxyl groups is 1. The third kappa shape index (κ3) is 3.80. The number of H-pyrrole nitrogens is 1. The van der Waals surface area contributed by atoms with Crippen LogP contribution in [0.3, 0.4) is 0 Å². The van der Waals surface area contributed by atoms with Crippen LogP contribution in [-0.2, 0) is 4.74 Å². The quantitative estimate of drug-likeness (QED) is 0.682. The number of aliphatic hydroxyl groups excluding tert-OH is 1. The van der Waals surface area contributed by atoms with Gasteiger partial charge in [0.25, 0.3) is 11.8 Å². The number of amides is 2. The van der Waals surface area contributed by atoms with E-state index in [1.165, 1.54) is 24.7 Å². The van der Waals surface area contributed by atoms with Gasteiger partial charge in [0.15, 0.2) is 5.82 Å². The highest BCUT2D eigenvalue weighted by molar-refractivity contribution is 5.94. The summed E-state index contributed by atoms with van der Waals surface area (Å²) in [5.74, 6) is -1.35. The van der Waals surface area contributed by atoms with Crippen LogP contribution >= 0.6 is 0 Å². The molecular formula is C20H24FN5O4. The fourth-order valence-corrected chi connectivity index (χ4v) is 4.27. The Bertz CT molecular complexity index is 929. The Morgan fingerprint density at radius 3 is 2.80 bits per heavy atom. The van der Waals surface area contributed by atoms with Gasteiger partial charge in [-0.2, -0.15) is 5.10 Å². The van der Waals surface area contributed by atoms with E-state index in [4.69, 9.17) is 4.74 Å². The Labute approximate surface area is 172 Å². The topological polar surface area (TPSA) is 120 Å². The number of ether oxygens (including phenoxy) is 1. The van der Waals surface area contributed by atoms with Crippen LogP contribution < -0.4 is 5.32 Å². The van der Waals surface area contributed by atoms with E-state index in [0.29, 0.717) is 37.9 Å². The van der Waals surface area contributed by atoms with Gasteiger partial charge in [-0.05, 0) is 25.8 Å². The van der Waals surface area contributed by atoms with Crippen LogP contribution in [0.25, 0.3) is 0 Å². The summed E-state index contributed by atoms with van der Waals surface area (Å²) in [5.41, 5.74) is -1.09. The molecule has 2 aromatic rings. The molecule has 2 aliphatic rings. The van der Waals surface area contributed by atoms with Crippen molar-refractivity contribution in [2.24, 2.45) is 0 Å². The van der Waals surface area contributed by atoms with E-state index in [1.807, 2.05) is 0 Å². The van der Waals surface area contributed by atoms with Crippen LogP contribution in [-0.4, -0.2) is 73.9 Å². The number of rotatable bonds is 3. The number of piperidine rings is 1. The summed E-state index contributed by atoms with van der Waals surface area (Å²) < 4.78 is 19.9. The van der Waals surface area contributed by atoms with Gasteiger partial charge in [-0.3, -0.25) is 19.7 Å². The Balaban J connectivity index is 1.44. The Hall–Kier alpha value is -2.85. The number of likely N-dealkylation sites (tertiary alicyclic amines) is 1. The summed E-state index contributed by atoms with van der Waals surface area (Å²) in [7, 11) is 0. The first kappa shape index (κ1) is 20.4. The molecule has 10 heteroatoms. The first-order valence-corrected chi connectivity index (χ1v) is 9.84. The van der Waals surface area contributed by atoms with Crippen molar-refractivity contribution >= 4 is 11.8 Å². The van der Waals surface area contributed by atoms with Crippen LogP contribution in [0.2, 0.25) is 0 Å². The van der Waals surface area contributed by atoms with Crippen molar-refractivity contribution in [3.05, 3.63) is 47.8 Å². The Morgan fingerprint density at radius 2 is 2.13 bits per heavy atom. The van der Waals surface area contributed by atoms with Crippen LogP contribution in [0.15, 0.2) is 30.9 Å². The maximum absolute atomic E-state index is 13.9. The number of halogens is 1. The van der Waals surface area contributed by atoms with Gasteiger partial charge in [-0.15, -0.1) is 0 Å². The van der Waals surface area contributed by atoms with E-state index in [2.05, 4.69) is 20.5 Å². The number of carbonyl (C=O) groups is 2. The highest BCUT2D eigenvalue weighted by Gasteiger charge is 2.50. The average molecular weight is 417 g/mol. The van der Waals surface area contributed by atoms with Gasteiger partial charge in [0.05, 0.1) is 41.3 Å². The van der Waals surface area contributed by atoms with Gasteiger partial charge in [-0.25, -0.2) is 4.39 Å². The van der Waals surface area contributed by atoms with E-state index in [-0.39, 0.29) is 24.0 Å². The minimum Gasteiger partial charge on any atom is -0.388 e. The molecule has 2 atom stereocenters. The molecule has 9 nitrogen and oxygen atoms in total. The van der Waals surface area contributed by atoms with E-state index in [9.17, 15) is 19.1 Å². The number of aromatic amines is 1. The minimum atomic E-state index is -0.893. The lowest BCUT2D eigenvalue weighted by atomic mass is 9.74. The summed E-state index contributed by atoms with van der Waals surface area (Å²) in [5, 5.41) is 19.8. The molecule has 160 valence electrons. The molecular weight excluding hydrogens is 393 g/mol. The largest absolute Gasteiger partial charge is 0.388 e. The lowest BCUT2D eigenvalue weighted by Crippen LogP contribution is -2.65. The van der Waals surface area contributed by atoms with Crippen molar-refractivity contribution < 1.29 is 23.8 Å². The normalized spacial score (nSPS) is 25.8. The summed E-state index contributed by atoms with van der Waals surface area (Å²) in [6, 6.07) is 1.37. The minimum absolute atomic E-state index is 0.00171. The number of carbonyl (C=O) groups excluding carboxylic acids is 2. The van der Waals surface area contributed by atoms with Crippen LogP contribution in [0, 0.1) is 5.82 Å². The maximum atomic E-state index is 13.9. The van der Waals surface area contributed by atoms with Gasteiger partial charge in [0, 0.05) is 31.9 Å². The highest BCUT2D eigenvalue weighted by Crippen LogP contribution is 2.40. The van der Waals surface area contributed by atoms with Crippen LogP contribution in [0.1, 0.15) is 46.9 Å². The second-order valence-electron chi connectivity index (χ2n) is 8.19. The molecule has 0 saturated carbocycles. The third-order valence-corrected chi connectivity index (χ3v) is 6.10. The van der Waals surface area contributed by atoms with Gasteiger partial charge in [0.2, 0.25) is 0 Å². The molecule has 2 aliphatic heterocycles. The third-order valence-electron chi connectivity index (χ3n) is 6.10. The number of hydrogen-bond donors (Lipinski definition) is 3. The fraction of sp³-hybridized carbons (Fsp3) is 0.500. The molecule has 2 fully saturated rings. The molecule has 4 heterocycles. The van der Waals surface area contributed by atoms with Crippen molar-refractivity contribution in [2.75, 3.05) is 19.7 Å². The molecule has 2 amide bonds. The van der Waals surface area contributed by atoms with Crippen molar-refractivity contribution in [3.8, 4) is 0 Å².